The Labute approximate surface area is 99.7 Å². The summed E-state index contributed by atoms with van der Waals surface area (Å²) in [4.78, 5) is 11.7. The van der Waals surface area contributed by atoms with Crippen LogP contribution >= 0.6 is 0 Å². The maximum absolute atomic E-state index is 11.7. The number of carbonyl (C=O) groups excluding carboxylic acids is 1. The first-order valence-electron chi connectivity index (χ1n) is 5.45. The Morgan fingerprint density at radius 1 is 1.29 bits per heavy atom. The Morgan fingerprint density at radius 2 is 1.88 bits per heavy atom. The maximum Gasteiger partial charge on any atom is 0.251 e. The Balaban J connectivity index is 2.58. The van der Waals surface area contributed by atoms with Gasteiger partial charge in [0.15, 0.2) is 0 Å². The van der Waals surface area contributed by atoms with Gasteiger partial charge in [0.05, 0.1) is 0 Å². The van der Waals surface area contributed by atoms with E-state index in [2.05, 4.69) is 5.32 Å². The molecule has 0 heterocycles. The van der Waals surface area contributed by atoms with Gasteiger partial charge in [0.2, 0.25) is 0 Å². The molecular weight excluding hydrogens is 222 g/mol. The molecule has 17 heavy (non-hydrogen) atoms. The molecule has 1 aromatic carbocycles. The van der Waals surface area contributed by atoms with Crippen molar-refractivity contribution in [3.05, 3.63) is 23.8 Å². The molecule has 94 valence electrons. The number of aromatic hydroxyl groups is 2. The summed E-state index contributed by atoms with van der Waals surface area (Å²) < 4.78 is 0. The summed E-state index contributed by atoms with van der Waals surface area (Å²) in [5, 5.41) is 29.8. The number of aliphatic hydroxyl groups is 1. The van der Waals surface area contributed by atoms with Crippen molar-refractivity contribution in [3.8, 4) is 11.5 Å². The average molecular weight is 239 g/mol. The lowest BCUT2D eigenvalue weighted by Gasteiger charge is -2.11. The minimum atomic E-state index is -0.360. The van der Waals surface area contributed by atoms with Gasteiger partial charge in [0.25, 0.3) is 5.91 Å². The molecule has 1 aromatic rings. The molecule has 4 N–H and O–H groups in total. The first-order chi connectivity index (χ1) is 8.02. The molecule has 5 heteroatoms. The third-order valence-corrected chi connectivity index (χ3v) is 2.40. The zero-order valence-corrected chi connectivity index (χ0v) is 9.68. The Kier molecular flexibility index (Phi) is 4.78. The van der Waals surface area contributed by atoms with Crippen LogP contribution in [0.2, 0.25) is 0 Å². The fraction of sp³-hybridized carbons (Fsp3) is 0.417. The van der Waals surface area contributed by atoms with Gasteiger partial charge in [-0.25, -0.2) is 0 Å². The van der Waals surface area contributed by atoms with Crippen LogP contribution in [0.3, 0.4) is 0 Å². The Hall–Kier alpha value is -1.75. The monoisotopic (exact) mass is 239 g/mol. The SMILES string of the molecule is CC(CCO)CNC(=O)c1cc(O)cc(O)c1. The van der Waals surface area contributed by atoms with E-state index in [-0.39, 0.29) is 35.5 Å². The molecule has 0 spiro atoms. The second kappa shape index (κ2) is 6.10. The highest BCUT2D eigenvalue weighted by atomic mass is 16.3. The minimum absolute atomic E-state index is 0.0873. The largest absolute Gasteiger partial charge is 0.508 e. The van der Waals surface area contributed by atoms with E-state index in [1.54, 1.807) is 0 Å². The third kappa shape index (κ3) is 4.32. The van der Waals surface area contributed by atoms with Gasteiger partial charge < -0.3 is 20.6 Å². The Bertz CT molecular complexity index is 372. The van der Waals surface area contributed by atoms with Crippen LogP contribution in [-0.4, -0.2) is 34.4 Å². The summed E-state index contributed by atoms with van der Waals surface area (Å²) in [7, 11) is 0. The fourth-order valence-electron chi connectivity index (χ4n) is 1.42. The summed E-state index contributed by atoms with van der Waals surface area (Å²) >= 11 is 0. The predicted octanol–water partition coefficient (Wildman–Crippen LogP) is 0.846. The van der Waals surface area contributed by atoms with Crippen molar-refractivity contribution in [3.63, 3.8) is 0 Å². The fourth-order valence-corrected chi connectivity index (χ4v) is 1.42. The number of phenols is 2. The van der Waals surface area contributed by atoms with Gasteiger partial charge in [0.1, 0.15) is 11.5 Å². The zero-order chi connectivity index (χ0) is 12.8. The van der Waals surface area contributed by atoms with E-state index >= 15 is 0 Å². The van der Waals surface area contributed by atoms with Crippen LogP contribution in [0.25, 0.3) is 0 Å². The number of benzene rings is 1. The molecule has 0 aliphatic heterocycles. The van der Waals surface area contributed by atoms with E-state index in [0.29, 0.717) is 13.0 Å². The number of carbonyl (C=O) groups is 1. The normalized spacial score (nSPS) is 12.1. The number of hydrogen-bond acceptors (Lipinski definition) is 4. The van der Waals surface area contributed by atoms with Crippen LogP contribution in [0.1, 0.15) is 23.7 Å². The van der Waals surface area contributed by atoms with E-state index in [1.165, 1.54) is 12.1 Å². The molecule has 1 amide bonds. The van der Waals surface area contributed by atoms with E-state index in [1.807, 2.05) is 6.92 Å². The molecule has 5 nitrogen and oxygen atoms in total. The maximum atomic E-state index is 11.7. The Morgan fingerprint density at radius 3 is 2.41 bits per heavy atom. The summed E-state index contributed by atoms with van der Waals surface area (Å²) in [6, 6.07) is 3.72. The molecule has 0 bridgehead atoms. The first-order valence-corrected chi connectivity index (χ1v) is 5.45. The van der Waals surface area contributed by atoms with Crippen molar-refractivity contribution in [2.24, 2.45) is 5.92 Å². The molecular formula is C12H17NO4. The van der Waals surface area contributed by atoms with Crippen LogP contribution in [0.4, 0.5) is 0 Å². The summed E-state index contributed by atoms with van der Waals surface area (Å²) in [5.74, 6) is -0.493. The van der Waals surface area contributed by atoms with Gasteiger partial charge in [-0.15, -0.1) is 0 Å². The molecule has 0 radical (unpaired) electrons. The molecule has 1 unspecified atom stereocenters. The van der Waals surface area contributed by atoms with Gasteiger partial charge in [0, 0.05) is 24.8 Å². The molecule has 0 saturated heterocycles. The molecule has 0 fully saturated rings. The van der Waals surface area contributed by atoms with Gasteiger partial charge in [-0.1, -0.05) is 6.92 Å². The second-order valence-electron chi connectivity index (χ2n) is 4.07. The van der Waals surface area contributed by atoms with E-state index < -0.39 is 0 Å². The highest BCUT2D eigenvalue weighted by Gasteiger charge is 2.09. The zero-order valence-electron chi connectivity index (χ0n) is 9.68. The van der Waals surface area contributed by atoms with Crippen molar-refractivity contribution in [1.29, 1.82) is 0 Å². The number of phenolic OH excluding ortho intramolecular Hbond substituents is 2. The van der Waals surface area contributed by atoms with Crippen LogP contribution in [0, 0.1) is 5.92 Å². The lowest BCUT2D eigenvalue weighted by Crippen LogP contribution is -2.28. The standard InChI is InChI=1S/C12H17NO4/c1-8(2-3-14)7-13-12(17)9-4-10(15)6-11(16)5-9/h4-6,8,14-16H,2-3,7H2,1H3,(H,13,17). The lowest BCUT2D eigenvalue weighted by molar-refractivity contribution is 0.0944. The topological polar surface area (TPSA) is 89.8 Å². The van der Waals surface area contributed by atoms with Gasteiger partial charge in [-0.3, -0.25) is 4.79 Å². The second-order valence-corrected chi connectivity index (χ2v) is 4.07. The lowest BCUT2D eigenvalue weighted by atomic mass is 10.1. The third-order valence-electron chi connectivity index (χ3n) is 2.40. The van der Waals surface area contributed by atoms with Crippen molar-refractivity contribution >= 4 is 5.91 Å². The number of nitrogens with one attached hydrogen (secondary N) is 1. The molecule has 0 aliphatic carbocycles. The first kappa shape index (κ1) is 13.3. The van der Waals surface area contributed by atoms with Gasteiger partial charge in [-0.2, -0.15) is 0 Å². The molecule has 0 aromatic heterocycles. The van der Waals surface area contributed by atoms with Crippen molar-refractivity contribution < 1.29 is 20.1 Å². The summed E-state index contributed by atoms with van der Waals surface area (Å²) in [6.45, 7) is 2.44. The molecule has 0 aliphatic rings. The van der Waals surface area contributed by atoms with E-state index in [0.717, 1.165) is 6.07 Å². The van der Waals surface area contributed by atoms with E-state index in [9.17, 15) is 15.0 Å². The average Bonchev–Trinajstić information content (AvgIpc) is 2.25. The molecule has 0 saturated carbocycles. The van der Waals surface area contributed by atoms with Crippen molar-refractivity contribution in [1.82, 2.24) is 5.32 Å². The van der Waals surface area contributed by atoms with Crippen molar-refractivity contribution in [2.45, 2.75) is 13.3 Å². The minimum Gasteiger partial charge on any atom is -0.508 e. The molecule has 1 rings (SSSR count). The summed E-state index contributed by atoms with van der Waals surface area (Å²) in [6.07, 6.45) is 0.617. The predicted molar refractivity (Wildman–Crippen MR) is 63.0 cm³/mol. The van der Waals surface area contributed by atoms with Gasteiger partial charge >= 0.3 is 0 Å². The molecule has 1 atom stereocenters. The van der Waals surface area contributed by atoms with Crippen LogP contribution < -0.4 is 5.32 Å². The van der Waals surface area contributed by atoms with Crippen LogP contribution in [0.5, 0.6) is 11.5 Å². The van der Waals surface area contributed by atoms with Crippen LogP contribution in [-0.2, 0) is 0 Å². The van der Waals surface area contributed by atoms with Crippen molar-refractivity contribution in [2.75, 3.05) is 13.2 Å². The van der Waals surface area contributed by atoms with Crippen LogP contribution in [0.15, 0.2) is 18.2 Å². The van der Waals surface area contributed by atoms with E-state index in [4.69, 9.17) is 5.11 Å². The number of amides is 1. The highest BCUT2D eigenvalue weighted by Crippen LogP contribution is 2.20. The number of rotatable bonds is 5. The number of hydrogen-bond donors (Lipinski definition) is 4. The highest BCUT2D eigenvalue weighted by molar-refractivity contribution is 5.95. The quantitative estimate of drug-likeness (QED) is 0.613. The summed E-state index contributed by atoms with van der Waals surface area (Å²) in [5.41, 5.74) is 0.207. The smallest absolute Gasteiger partial charge is 0.251 e. The van der Waals surface area contributed by atoms with Gasteiger partial charge in [-0.05, 0) is 24.5 Å². The number of aliphatic hydroxyl groups excluding tert-OH is 1.